The molecule has 0 bridgehead atoms. The van der Waals surface area contributed by atoms with Crippen LogP contribution in [0.4, 0.5) is 0 Å². The minimum Gasteiger partial charge on any atom is -0.394 e. The number of ether oxygens (including phenoxy) is 2. The zero-order chi connectivity index (χ0) is 11.6. The third-order valence-corrected chi connectivity index (χ3v) is 2.94. The van der Waals surface area contributed by atoms with Gasteiger partial charge >= 0.3 is 0 Å². The Kier molecular flexibility index (Phi) is 4.12. The smallest absolute Gasteiger partial charge is 0.163 e. The first-order chi connectivity index (χ1) is 6.91. The van der Waals surface area contributed by atoms with Crippen LogP contribution >= 0.6 is 0 Å². The quantitative estimate of drug-likeness (QED) is 0.736. The Morgan fingerprint density at radius 3 is 2.40 bits per heavy atom. The van der Waals surface area contributed by atoms with Crippen LogP contribution in [-0.4, -0.2) is 40.9 Å². The van der Waals surface area contributed by atoms with Crippen molar-refractivity contribution < 1.29 is 19.7 Å². The summed E-state index contributed by atoms with van der Waals surface area (Å²) in [6.45, 7) is 7.42. The average molecular weight is 218 g/mol. The van der Waals surface area contributed by atoms with Crippen molar-refractivity contribution in [1.29, 1.82) is 0 Å². The molecule has 1 saturated heterocycles. The van der Waals surface area contributed by atoms with Crippen LogP contribution in [0.1, 0.15) is 34.1 Å². The normalized spacial score (nSPS) is 34.0. The van der Waals surface area contributed by atoms with Gasteiger partial charge in [0.1, 0.15) is 6.10 Å². The van der Waals surface area contributed by atoms with E-state index in [1.807, 2.05) is 27.7 Å². The first-order valence-corrected chi connectivity index (χ1v) is 5.56. The average Bonchev–Trinajstić information content (AvgIpc) is 2.51. The number of aliphatic hydroxyl groups excluding tert-OH is 2. The van der Waals surface area contributed by atoms with E-state index in [4.69, 9.17) is 9.47 Å². The number of hydrogen-bond acceptors (Lipinski definition) is 4. The van der Waals surface area contributed by atoms with E-state index >= 15 is 0 Å². The number of rotatable bonds is 4. The van der Waals surface area contributed by atoms with E-state index < -0.39 is 11.9 Å². The molecule has 0 amide bonds. The molecule has 0 unspecified atom stereocenters. The van der Waals surface area contributed by atoms with Gasteiger partial charge in [-0.25, -0.2) is 0 Å². The molecule has 0 radical (unpaired) electrons. The maximum Gasteiger partial charge on any atom is 0.163 e. The van der Waals surface area contributed by atoms with E-state index in [0.717, 1.165) is 0 Å². The molecule has 1 rings (SSSR count). The summed E-state index contributed by atoms with van der Waals surface area (Å²) in [5, 5.41) is 18.9. The highest BCUT2D eigenvalue weighted by molar-refractivity contribution is 4.86. The lowest BCUT2D eigenvalue weighted by molar-refractivity contribution is -0.155. The van der Waals surface area contributed by atoms with Crippen molar-refractivity contribution >= 4 is 0 Å². The van der Waals surface area contributed by atoms with Crippen molar-refractivity contribution in [2.45, 2.75) is 58.2 Å². The molecule has 0 spiro atoms. The van der Waals surface area contributed by atoms with Crippen molar-refractivity contribution in [3.05, 3.63) is 0 Å². The lowest BCUT2D eigenvalue weighted by Gasteiger charge is -2.26. The second-order valence-electron chi connectivity index (χ2n) is 4.66. The second-order valence-corrected chi connectivity index (χ2v) is 4.66. The highest BCUT2D eigenvalue weighted by atomic mass is 16.8. The molecule has 0 aliphatic carbocycles. The molecule has 0 aromatic heterocycles. The van der Waals surface area contributed by atoms with Crippen LogP contribution in [0.2, 0.25) is 0 Å². The van der Waals surface area contributed by atoms with Crippen LogP contribution in [0.15, 0.2) is 0 Å². The monoisotopic (exact) mass is 218 g/mol. The summed E-state index contributed by atoms with van der Waals surface area (Å²) in [6, 6.07) is 0. The first-order valence-electron chi connectivity index (χ1n) is 5.56. The highest BCUT2D eigenvalue weighted by Gasteiger charge is 2.44. The van der Waals surface area contributed by atoms with E-state index in [9.17, 15) is 10.2 Å². The van der Waals surface area contributed by atoms with Gasteiger partial charge in [-0.1, -0.05) is 13.8 Å². The van der Waals surface area contributed by atoms with Crippen molar-refractivity contribution in [1.82, 2.24) is 0 Å². The molecule has 0 aromatic rings. The first kappa shape index (κ1) is 12.9. The summed E-state index contributed by atoms with van der Waals surface area (Å²) in [5.41, 5.74) is 0. The molecular weight excluding hydrogens is 196 g/mol. The fraction of sp³-hybridized carbons (Fsp3) is 1.00. The molecule has 0 saturated carbocycles. The van der Waals surface area contributed by atoms with Gasteiger partial charge in [0.2, 0.25) is 0 Å². The molecule has 15 heavy (non-hydrogen) atoms. The van der Waals surface area contributed by atoms with Crippen molar-refractivity contribution in [3.8, 4) is 0 Å². The number of hydrogen-bond donors (Lipinski definition) is 2. The van der Waals surface area contributed by atoms with Gasteiger partial charge in [-0.2, -0.15) is 0 Å². The second kappa shape index (κ2) is 4.78. The molecule has 1 fully saturated rings. The fourth-order valence-corrected chi connectivity index (χ4v) is 2.04. The third kappa shape index (κ3) is 2.91. The van der Waals surface area contributed by atoms with Crippen LogP contribution in [0.5, 0.6) is 0 Å². The topological polar surface area (TPSA) is 58.9 Å². The van der Waals surface area contributed by atoms with Crippen molar-refractivity contribution in [3.63, 3.8) is 0 Å². The van der Waals surface area contributed by atoms with Crippen LogP contribution in [0.25, 0.3) is 0 Å². The van der Waals surface area contributed by atoms with E-state index in [2.05, 4.69) is 0 Å². The standard InChI is InChI=1S/C11H22O4/c1-5-8(13)7(2)10-9(6-12)14-11(3,4)15-10/h7-10,12-13H,5-6H2,1-4H3/t7-,8-,9-,10+/m0/s1. The SMILES string of the molecule is CC[C@H](O)[C@H](C)[C@H]1OC(C)(C)O[C@H]1CO. The van der Waals surface area contributed by atoms with Crippen LogP contribution in [0, 0.1) is 5.92 Å². The molecule has 4 atom stereocenters. The van der Waals surface area contributed by atoms with E-state index in [0.29, 0.717) is 6.42 Å². The summed E-state index contributed by atoms with van der Waals surface area (Å²) < 4.78 is 11.2. The van der Waals surface area contributed by atoms with Gasteiger partial charge in [-0.05, 0) is 20.3 Å². The Morgan fingerprint density at radius 2 is 1.93 bits per heavy atom. The minimum atomic E-state index is -0.667. The highest BCUT2D eigenvalue weighted by Crippen LogP contribution is 2.33. The van der Waals surface area contributed by atoms with E-state index in [1.165, 1.54) is 0 Å². The van der Waals surface area contributed by atoms with Gasteiger partial charge < -0.3 is 19.7 Å². The van der Waals surface area contributed by atoms with Gasteiger partial charge in [-0.3, -0.25) is 0 Å². The molecule has 0 aromatic carbocycles. The van der Waals surface area contributed by atoms with Gasteiger partial charge in [0.25, 0.3) is 0 Å². The predicted molar refractivity (Wildman–Crippen MR) is 56.4 cm³/mol. The van der Waals surface area contributed by atoms with Gasteiger partial charge in [0.05, 0.1) is 18.8 Å². The maximum atomic E-state index is 9.75. The Balaban J connectivity index is 2.68. The third-order valence-electron chi connectivity index (χ3n) is 2.94. The molecule has 1 aliphatic heterocycles. The molecule has 4 heteroatoms. The Hall–Kier alpha value is -0.160. The summed E-state index contributed by atoms with van der Waals surface area (Å²) in [6.07, 6.45) is -0.308. The summed E-state index contributed by atoms with van der Waals surface area (Å²) in [7, 11) is 0. The minimum absolute atomic E-state index is 0.0334. The fourth-order valence-electron chi connectivity index (χ4n) is 2.04. The van der Waals surface area contributed by atoms with E-state index in [1.54, 1.807) is 0 Å². The Bertz CT molecular complexity index is 205. The van der Waals surface area contributed by atoms with Gasteiger partial charge in [0.15, 0.2) is 5.79 Å². The van der Waals surface area contributed by atoms with Crippen molar-refractivity contribution in [2.75, 3.05) is 6.61 Å². The summed E-state index contributed by atoms with van der Waals surface area (Å²) >= 11 is 0. The number of aliphatic hydroxyl groups is 2. The lowest BCUT2D eigenvalue weighted by atomic mass is 9.93. The molecule has 4 nitrogen and oxygen atoms in total. The molecular formula is C11H22O4. The molecule has 1 aliphatic rings. The largest absolute Gasteiger partial charge is 0.394 e. The van der Waals surface area contributed by atoms with Gasteiger partial charge in [0, 0.05) is 5.92 Å². The Morgan fingerprint density at radius 1 is 1.33 bits per heavy atom. The predicted octanol–water partition coefficient (Wildman–Crippen LogP) is 0.906. The zero-order valence-corrected chi connectivity index (χ0v) is 9.93. The van der Waals surface area contributed by atoms with Crippen LogP contribution in [-0.2, 0) is 9.47 Å². The molecule has 2 N–H and O–H groups in total. The zero-order valence-electron chi connectivity index (χ0n) is 9.93. The summed E-state index contributed by atoms with van der Waals surface area (Å²) in [4.78, 5) is 0. The van der Waals surface area contributed by atoms with E-state index in [-0.39, 0.29) is 24.7 Å². The lowest BCUT2D eigenvalue weighted by Crippen LogP contribution is -2.38. The molecule has 90 valence electrons. The van der Waals surface area contributed by atoms with Crippen molar-refractivity contribution in [2.24, 2.45) is 5.92 Å². The van der Waals surface area contributed by atoms with Crippen LogP contribution in [0.3, 0.4) is 0 Å². The summed E-state index contributed by atoms with van der Waals surface area (Å²) in [5.74, 6) is -0.700. The Labute approximate surface area is 91.2 Å². The van der Waals surface area contributed by atoms with Gasteiger partial charge in [-0.15, -0.1) is 0 Å². The maximum absolute atomic E-state index is 9.75. The molecule has 1 heterocycles. The van der Waals surface area contributed by atoms with Crippen LogP contribution < -0.4 is 0 Å².